The summed E-state index contributed by atoms with van der Waals surface area (Å²) in [6.07, 6.45) is 12.5. The number of amides is 2. The zero-order valence-corrected chi connectivity index (χ0v) is 41.7. The Hall–Kier alpha value is -6.57. The van der Waals surface area contributed by atoms with Crippen LogP contribution < -0.4 is 26.6 Å². The van der Waals surface area contributed by atoms with Crippen molar-refractivity contribution in [1.29, 1.82) is 0 Å². The summed E-state index contributed by atoms with van der Waals surface area (Å²) in [5.41, 5.74) is 20.4. The van der Waals surface area contributed by atoms with Crippen molar-refractivity contribution in [1.82, 2.24) is 45.9 Å². The Bertz CT molecular complexity index is 2750. The molecule has 1 aliphatic carbocycles. The van der Waals surface area contributed by atoms with Gasteiger partial charge in [-0.15, -0.1) is 11.3 Å². The Balaban J connectivity index is 0.682. The van der Waals surface area contributed by atoms with E-state index in [-0.39, 0.29) is 35.6 Å². The first-order chi connectivity index (χ1) is 33.9. The smallest absolute Gasteiger partial charge is 0.254 e. The van der Waals surface area contributed by atoms with E-state index in [0.717, 1.165) is 91.0 Å². The third kappa shape index (κ3) is 11.1. The van der Waals surface area contributed by atoms with E-state index in [2.05, 4.69) is 67.2 Å². The fourth-order valence-corrected chi connectivity index (χ4v) is 11.1. The van der Waals surface area contributed by atoms with Crippen LogP contribution in [0.5, 0.6) is 11.6 Å². The number of phenolic OH excluding ortho intramolecular Hbond substituents is 1. The highest BCUT2D eigenvalue weighted by atomic mass is 32.1. The summed E-state index contributed by atoms with van der Waals surface area (Å²) in [5.74, 6) is 9.25. The summed E-state index contributed by atoms with van der Waals surface area (Å²) in [6.45, 7) is 14.4. The zero-order chi connectivity index (χ0) is 48.9. The Morgan fingerprint density at radius 1 is 1.01 bits per heavy atom. The summed E-state index contributed by atoms with van der Waals surface area (Å²) in [6, 6.07) is 16.3. The first-order valence-corrected chi connectivity index (χ1v) is 25.8. The van der Waals surface area contributed by atoms with Gasteiger partial charge in [-0.2, -0.15) is 5.10 Å². The molecule has 2 aromatic carbocycles. The second kappa shape index (κ2) is 21.6. The van der Waals surface area contributed by atoms with Crippen LogP contribution in [0.25, 0.3) is 21.7 Å². The van der Waals surface area contributed by atoms with Gasteiger partial charge in [0.25, 0.3) is 5.88 Å². The molecule has 1 saturated carbocycles. The molecule has 4 atom stereocenters. The summed E-state index contributed by atoms with van der Waals surface area (Å²) in [4.78, 5) is 37.7. The average Bonchev–Trinajstić information content (AvgIpc) is 4.20. The molecule has 368 valence electrons. The number of ether oxygens (including phenoxy) is 1. The third-order valence-corrected chi connectivity index (χ3v) is 15.5. The minimum Gasteiger partial charge on any atom is -0.507 e. The molecule has 2 saturated heterocycles. The lowest BCUT2D eigenvalue weighted by Gasteiger charge is -2.39. The minimum atomic E-state index is -0.576. The van der Waals surface area contributed by atoms with E-state index in [4.69, 9.17) is 15.0 Å². The van der Waals surface area contributed by atoms with Crippen LogP contribution in [-0.4, -0.2) is 85.5 Å². The summed E-state index contributed by atoms with van der Waals surface area (Å²) in [7, 11) is 0. The molecule has 3 aromatic heterocycles. The second-order valence-corrected chi connectivity index (χ2v) is 20.7. The number of carbonyl (C=O) groups is 2. The molecule has 0 spiro atoms. The molecule has 4 aliphatic rings. The molecule has 16 heteroatoms. The van der Waals surface area contributed by atoms with E-state index < -0.39 is 12.0 Å². The van der Waals surface area contributed by atoms with Gasteiger partial charge in [-0.3, -0.25) is 25.1 Å². The molecule has 6 heterocycles. The lowest BCUT2D eigenvalue weighted by Crippen LogP contribution is -2.48. The van der Waals surface area contributed by atoms with Crippen molar-refractivity contribution in [2.45, 2.75) is 104 Å². The normalized spacial score (nSPS) is 20.9. The number of hydrazine groups is 1. The number of piperidine rings is 1. The molecule has 0 radical (unpaired) electrons. The van der Waals surface area contributed by atoms with Gasteiger partial charge in [-0.25, -0.2) is 4.98 Å². The quantitative estimate of drug-likeness (QED) is 0.0598. The van der Waals surface area contributed by atoms with Gasteiger partial charge in [0.1, 0.15) is 29.6 Å². The summed E-state index contributed by atoms with van der Waals surface area (Å²) < 4.78 is 13.8. The van der Waals surface area contributed by atoms with E-state index in [1.54, 1.807) is 40.6 Å². The van der Waals surface area contributed by atoms with Crippen LogP contribution in [0, 0.1) is 42.4 Å². The molecule has 3 aliphatic heterocycles. The SMILES string of the molecule is Cc1ncsc1-c1ccc([C@H](C)NC(=O)[C@@H]2CCCN2C(=O)[C@@H](c2cc(OCCC3CCN(CC4CC(C#CC(C)n5cc(C6=C(N)NNC(c7ccccc7O)=C6)cn5)C4)CC3)no2)C(C)C)cc1. The number of hydrogen-bond acceptors (Lipinski definition) is 13. The molecule has 15 nitrogen and oxygen atoms in total. The van der Waals surface area contributed by atoms with Gasteiger partial charge in [-0.05, 0) is 131 Å². The van der Waals surface area contributed by atoms with Gasteiger partial charge < -0.3 is 35.2 Å². The molecular formula is C54H66N10O5S. The van der Waals surface area contributed by atoms with Gasteiger partial charge >= 0.3 is 0 Å². The van der Waals surface area contributed by atoms with Crippen LogP contribution in [0.4, 0.5) is 0 Å². The summed E-state index contributed by atoms with van der Waals surface area (Å²) >= 11 is 1.62. The lowest BCUT2D eigenvalue weighted by atomic mass is 9.74. The van der Waals surface area contributed by atoms with Gasteiger partial charge in [-0.1, -0.05) is 62.1 Å². The third-order valence-electron chi connectivity index (χ3n) is 14.5. The molecular weight excluding hydrogens is 901 g/mol. The highest BCUT2D eigenvalue weighted by molar-refractivity contribution is 7.13. The van der Waals surface area contributed by atoms with Gasteiger partial charge in [0.2, 0.25) is 11.8 Å². The number of phenols is 1. The number of nitrogens with two attached hydrogens (primary N) is 1. The molecule has 0 bridgehead atoms. The lowest BCUT2D eigenvalue weighted by molar-refractivity contribution is -0.141. The molecule has 3 fully saturated rings. The molecule has 2 amide bonds. The molecule has 9 rings (SSSR count). The number of carbonyl (C=O) groups excluding carboxylic acids is 2. The second-order valence-electron chi connectivity index (χ2n) is 19.8. The minimum absolute atomic E-state index is 0.0690. The Kier molecular flexibility index (Phi) is 15.0. The van der Waals surface area contributed by atoms with Gasteiger partial charge in [0.05, 0.1) is 40.6 Å². The number of benzene rings is 2. The summed E-state index contributed by atoms with van der Waals surface area (Å²) in [5, 5.41) is 22.3. The van der Waals surface area contributed by atoms with Crippen LogP contribution in [0.2, 0.25) is 0 Å². The standard InChI is InChI=1S/C54H66N10O5S/c1-33(2)50(54(67)63-21-8-10-46(63)53(66)58-35(4)40-14-16-41(17-15-40)51-36(5)56-32-70-51)48-28-49(61-69-48)68-24-20-37-18-22-62(23-19-37)30-39-25-38(26-39)13-12-34(3)64-31-42(29-57-64)44-27-45(59-60-52(44)55)43-9-6-7-11-47(43)65/h6-7,9,11,14-17,27-29,31-35,37-39,46,50,59-60,65H,8,10,18-26,30,55H2,1-5H3,(H,58,66)/t34?,35-,38?,39?,46-,50+/m0/s1. The number of rotatable bonds is 16. The van der Waals surface area contributed by atoms with Crippen molar-refractivity contribution in [2.75, 3.05) is 32.8 Å². The van der Waals surface area contributed by atoms with Crippen molar-refractivity contribution >= 4 is 34.4 Å². The highest BCUT2D eigenvalue weighted by Gasteiger charge is 2.41. The van der Waals surface area contributed by atoms with Crippen LogP contribution in [-0.2, 0) is 9.59 Å². The zero-order valence-electron chi connectivity index (χ0n) is 40.9. The number of thiazole rings is 1. The number of aromatic nitrogens is 4. The van der Waals surface area contributed by atoms with Crippen LogP contribution in [0.3, 0.4) is 0 Å². The van der Waals surface area contributed by atoms with Crippen molar-refractivity contribution in [2.24, 2.45) is 29.4 Å². The number of allylic oxidation sites excluding steroid dienone is 2. The number of hydrogen-bond donors (Lipinski definition) is 5. The molecule has 70 heavy (non-hydrogen) atoms. The van der Waals surface area contributed by atoms with Crippen LogP contribution in [0.15, 0.2) is 88.9 Å². The van der Waals surface area contributed by atoms with Gasteiger partial charge in [0.15, 0.2) is 5.76 Å². The first kappa shape index (κ1) is 48.5. The number of nitrogens with zero attached hydrogens (tertiary/aromatic N) is 6. The monoisotopic (exact) mass is 966 g/mol. The Morgan fingerprint density at radius 3 is 2.54 bits per heavy atom. The average molecular weight is 967 g/mol. The maximum Gasteiger partial charge on any atom is 0.254 e. The highest BCUT2D eigenvalue weighted by Crippen LogP contribution is 2.37. The maximum atomic E-state index is 14.2. The predicted molar refractivity (Wildman–Crippen MR) is 271 cm³/mol. The van der Waals surface area contributed by atoms with E-state index >= 15 is 0 Å². The Labute approximate surface area is 414 Å². The van der Waals surface area contributed by atoms with E-state index in [9.17, 15) is 14.7 Å². The number of likely N-dealkylation sites (tertiary alicyclic amines) is 2. The first-order valence-electron chi connectivity index (χ1n) is 24.9. The van der Waals surface area contributed by atoms with Crippen molar-refractivity contribution in [3.05, 3.63) is 113 Å². The number of para-hydroxylation sites is 1. The Morgan fingerprint density at radius 2 is 1.80 bits per heavy atom. The topological polar surface area (TPSA) is 189 Å². The van der Waals surface area contributed by atoms with E-state index in [0.29, 0.717) is 66.0 Å². The fourth-order valence-electron chi connectivity index (χ4n) is 10.3. The predicted octanol–water partition coefficient (Wildman–Crippen LogP) is 8.16. The van der Waals surface area contributed by atoms with Crippen LogP contribution in [0.1, 0.15) is 119 Å². The number of aromatic hydroxyl groups is 1. The number of nitrogens with one attached hydrogen (secondary N) is 3. The van der Waals surface area contributed by atoms with Crippen molar-refractivity contribution in [3.8, 4) is 33.9 Å². The molecule has 1 unspecified atom stereocenters. The van der Waals surface area contributed by atoms with Crippen LogP contribution >= 0.6 is 11.3 Å². The largest absolute Gasteiger partial charge is 0.507 e. The maximum absolute atomic E-state index is 14.2. The molecule has 5 aromatic rings. The number of aryl methyl sites for hydroxylation is 1. The fraction of sp³-hybridized carbons (Fsp3) is 0.463. The molecule has 6 N–H and O–H groups in total. The van der Waals surface area contributed by atoms with Gasteiger partial charge in [0, 0.05) is 48.0 Å². The van der Waals surface area contributed by atoms with Crippen molar-refractivity contribution in [3.63, 3.8) is 0 Å². The van der Waals surface area contributed by atoms with Crippen molar-refractivity contribution < 1.29 is 24.0 Å². The van der Waals surface area contributed by atoms with E-state index in [1.807, 2.05) is 74.4 Å². The van der Waals surface area contributed by atoms with E-state index in [1.165, 1.54) is 0 Å².